The van der Waals surface area contributed by atoms with E-state index in [-0.39, 0.29) is 35.5 Å². The first kappa shape index (κ1) is 24.8. The minimum absolute atomic E-state index is 0. The van der Waals surface area contributed by atoms with E-state index in [4.69, 9.17) is 0 Å². The van der Waals surface area contributed by atoms with E-state index in [9.17, 15) is 18.0 Å². The predicted octanol–water partition coefficient (Wildman–Crippen LogP) is 2.85. The standard InChI is InChI=1S/C22H22N4O4S.ClH/c1-16-5-11-21(12-6-16)31(29,30)25-20-9-7-19(8-10-20)23-24-22(28)18-4-3-13-26(15-18)14-17(2)27;/h3-13,15,23,25H,14H2,1-2H3;1H/p+1. The van der Waals surface area contributed by atoms with E-state index in [2.05, 4.69) is 15.6 Å². The van der Waals surface area contributed by atoms with Crippen LogP contribution in [0.2, 0.25) is 0 Å². The molecule has 3 rings (SSSR count). The first-order valence-corrected chi connectivity index (χ1v) is 11.0. The summed E-state index contributed by atoms with van der Waals surface area (Å²) in [6.07, 6.45) is 3.29. The molecule has 0 radical (unpaired) electrons. The zero-order valence-corrected chi connectivity index (χ0v) is 19.2. The maximum absolute atomic E-state index is 12.5. The van der Waals surface area contributed by atoms with Crippen LogP contribution in [0.1, 0.15) is 22.8 Å². The van der Waals surface area contributed by atoms with Gasteiger partial charge >= 0.3 is 0 Å². The summed E-state index contributed by atoms with van der Waals surface area (Å²) in [4.78, 5) is 23.7. The highest BCUT2D eigenvalue weighted by Gasteiger charge is 2.14. The van der Waals surface area contributed by atoms with Gasteiger partial charge in [-0.1, -0.05) is 17.7 Å². The highest BCUT2D eigenvalue weighted by molar-refractivity contribution is 7.92. The molecule has 0 aliphatic heterocycles. The van der Waals surface area contributed by atoms with Crippen molar-refractivity contribution < 1.29 is 22.6 Å². The van der Waals surface area contributed by atoms with E-state index < -0.39 is 10.0 Å². The van der Waals surface area contributed by atoms with Gasteiger partial charge in [0.1, 0.15) is 5.56 Å². The first-order valence-electron chi connectivity index (χ1n) is 9.47. The molecule has 10 heteroatoms. The molecule has 1 heterocycles. The number of Topliss-reactive ketones (excluding diaryl/α,β-unsaturated/α-hetero) is 1. The fourth-order valence-electron chi connectivity index (χ4n) is 2.77. The SMILES string of the molecule is CC(=O)C[n+]1cccc(C(=O)NNc2ccc(NS(=O)(=O)c3ccc(C)cc3)cc2)c1.Cl. The average molecular weight is 476 g/mol. The average Bonchev–Trinajstić information content (AvgIpc) is 2.73. The van der Waals surface area contributed by atoms with E-state index >= 15 is 0 Å². The number of sulfonamides is 1. The summed E-state index contributed by atoms with van der Waals surface area (Å²) in [5, 5.41) is 0. The second kappa shape index (κ2) is 10.7. The Hall–Kier alpha value is -3.43. The van der Waals surface area contributed by atoms with Gasteiger partial charge < -0.3 is 0 Å². The summed E-state index contributed by atoms with van der Waals surface area (Å²) in [7, 11) is -3.68. The maximum atomic E-state index is 12.5. The molecule has 2 aromatic carbocycles. The van der Waals surface area contributed by atoms with Gasteiger partial charge in [0.25, 0.3) is 15.9 Å². The van der Waals surface area contributed by atoms with E-state index in [0.717, 1.165) is 5.56 Å². The second-order valence-electron chi connectivity index (χ2n) is 7.04. The molecule has 168 valence electrons. The lowest BCUT2D eigenvalue weighted by Gasteiger charge is -2.11. The minimum Gasteiger partial charge on any atom is -0.298 e. The molecule has 0 bridgehead atoms. The fourth-order valence-corrected chi connectivity index (χ4v) is 3.82. The lowest BCUT2D eigenvalue weighted by Crippen LogP contribution is -2.38. The van der Waals surface area contributed by atoms with Crippen LogP contribution in [-0.4, -0.2) is 20.1 Å². The van der Waals surface area contributed by atoms with Gasteiger partial charge in [-0.3, -0.25) is 25.2 Å². The summed E-state index contributed by atoms with van der Waals surface area (Å²) >= 11 is 0. The number of aryl methyl sites for hydroxylation is 1. The quantitative estimate of drug-likeness (QED) is 0.343. The lowest BCUT2D eigenvalue weighted by molar-refractivity contribution is -0.684. The van der Waals surface area contributed by atoms with E-state index in [0.29, 0.717) is 16.9 Å². The Labute approximate surface area is 193 Å². The molecular weight excluding hydrogens is 452 g/mol. The smallest absolute Gasteiger partial charge is 0.275 e. The fraction of sp³-hybridized carbons (Fsp3) is 0.136. The van der Waals surface area contributed by atoms with Crippen molar-refractivity contribution in [2.24, 2.45) is 0 Å². The number of amides is 1. The van der Waals surface area contributed by atoms with Crippen molar-refractivity contribution in [2.75, 3.05) is 10.1 Å². The first-order chi connectivity index (χ1) is 14.7. The minimum atomic E-state index is -3.68. The summed E-state index contributed by atoms with van der Waals surface area (Å²) in [6.45, 7) is 3.55. The largest absolute Gasteiger partial charge is 0.298 e. The second-order valence-corrected chi connectivity index (χ2v) is 8.72. The Morgan fingerprint density at radius 2 is 1.56 bits per heavy atom. The van der Waals surface area contributed by atoms with Gasteiger partial charge in [0, 0.05) is 18.7 Å². The van der Waals surface area contributed by atoms with E-state index in [1.807, 2.05) is 6.92 Å². The summed E-state index contributed by atoms with van der Waals surface area (Å²) < 4.78 is 29.1. The Balaban J connectivity index is 0.00000363. The zero-order valence-electron chi connectivity index (χ0n) is 17.5. The van der Waals surface area contributed by atoms with Crippen molar-refractivity contribution in [1.82, 2.24) is 5.43 Å². The number of hydrogen-bond donors (Lipinski definition) is 3. The third-order valence-electron chi connectivity index (χ3n) is 4.31. The van der Waals surface area contributed by atoms with Gasteiger partial charge in [-0.05, 0) is 49.4 Å². The number of hydrazine groups is 1. The molecule has 3 aromatic rings. The number of carbonyl (C=O) groups excluding carboxylic acids is 2. The number of ketones is 1. The predicted molar refractivity (Wildman–Crippen MR) is 124 cm³/mol. The van der Waals surface area contributed by atoms with Crippen molar-refractivity contribution in [1.29, 1.82) is 0 Å². The van der Waals surface area contributed by atoms with Crippen LogP contribution in [0.4, 0.5) is 11.4 Å². The van der Waals surface area contributed by atoms with Crippen LogP contribution in [0.5, 0.6) is 0 Å². The molecule has 1 amide bonds. The number of halogens is 1. The van der Waals surface area contributed by atoms with Crippen LogP contribution in [0.15, 0.2) is 78.0 Å². The number of nitrogens with one attached hydrogen (secondary N) is 3. The number of benzene rings is 2. The summed E-state index contributed by atoms with van der Waals surface area (Å²) in [6, 6.07) is 16.3. The van der Waals surface area contributed by atoms with Crippen molar-refractivity contribution in [3.8, 4) is 0 Å². The number of nitrogens with zero attached hydrogens (tertiary/aromatic N) is 1. The number of hydrogen-bond acceptors (Lipinski definition) is 5. The van der Waals surface area contributed by atoms with Crippen LogP contribution < -0.4 is 20.1 Å². The molecule has 0 atom stereocenters. The van der Waals surface area contributed by atoms with Crippen LogP contribution in [0.3, 0.4) is 0 Å². The van der Waals surface area contributed by atoms with Gasteiger partial charge in [0.2, 0.25) is 6.54 Å². The number of pyridine rings is 1. The molecule has 0 saturated carbocycles. The Kier molecular flexibility index (Phi) is 8.34. The number of carbonyl (C=O) groups is 2. The van der Waals surface area contributed by atoms with Crippen LogP contribution >= 0.6 is 12.4 Å². The molecule has 0 aliphatic rings. The monoisotopic (exact) mass is 475 g/mol. The van der Waals surface area contributed by atoms with Crippen LogP contribution in [0, 0.1) is 6.92 Å². The third kappa shape index (κ3) is 6.79. The Morgan fingerprint density at radius 1 is 0.938 bits per heavy atom. The van der Waals surface area contributed by atoms with Crippen LogP contribution in [0.25, 0.3) is 0 Å². The van der Waals surface area contributed by atoms with E-state index in [1.165, 1.54) is 6.92 Å². The van der Waals surface area contributed by atoms with Crippen molar-refractivity contribution in [3.63, 3.8) is 0 Å². The van der Waals surface area contributed by atoms with Gasteiger partial charge in [-0.15, -0.1) is 12.4 Å². The van der Waals surface area contributed by atoms with E-state index in [1.54, 1.807) is 77.6 Å². The summed E-state index contributed by atoms with van der Waals surface area (Å²) in [5.41, 5.74) is 7.67. The molecule has 1 aromatic heterocycles. The van der Waals surface area contributed by atoms with Crippen molar-refractivity contribution in [2.45, 2.75) is 25.3 Å². The Morgan fingerprint density at radius 3 is 2.19 bits per heavy atom. The lowest BCUT2D eigenvalue weighted by atomic mass is 10.2. The van der Waals surface area contributed by atoms with Crippen molar-refractivity contribution >= 4 is 45.5 Å². The van der Waals surface area contributed by atoms with Crippen molar-refractivity contribution in [3.05, 3.63) is 84.2 Å². The molecule has 8 nitrogen and oxygen atoms in total. The molecule has 3 N–H and O–H groups in total. The number of aromatic nitrogens is 1. The van der Waals surface area contributed by atoms with Crippen LogP contribution in [-0.2, 0) is 21.4 Å². The molecule has 32 heavy (non-hydrogen) atoms. The highest BCUT2D eigenvalue weighted by Crippen LogP contribution is 2.18. The summed E-state index contributed by atoms with van der Waals surface area (Å²) in [5.74, 6) is -0.388. The Bertz CT molecular complexity index is 1200. The third-order valence-corrected chi connectivity index (χ3v) is 5.71. The molecular formula is C22H24ClN4O4S+. The topological polar surface area (TPSA) is 108 Å². The normalized spacial score (nSPS) is 10.6. The molecule has 0 unspecified atom stereocenters. The van der Waals surface area contributed by atoms with Gasteiger partial charge in [0.15, 0.2) is 18.2 Å². The molecule has 0 saturated heterocycles. The number of rotatable bonds is 8. The maximum Gasteiger partial charge on any atom is 0.275 e. The molecule has 0 aliphatic carbocycles. The molecule has 0 spiro atoms. The highest BCUT2D eigenvalue weighted by atomic mass is 35.5. The van der Waals surface area contributed by atoms with Gasteiger partial charge in [0.05, 0.1) is 10.6 Å². The zero-order chi connectivity index (χ0) is 22.4. The van der Waals surface area contributed by atoms with Gasteiger partial charge in [-0.2, -0.15) is 4.57 Å². The van der Waals surface area contributed by atoms with Gasteiger partial charge in [-0.25, -0.2) is 8.42 Å². The number of anilines is 2. The molecule has 0 fully saturated rings.